The van der Waals surface area contributed by atoms with E-state index in [1.165, 1.54) is 16.7 Å². The highest BCUT2D eigenvalue weighted by molar-refractivity contribution is 5.82. The summed E-state index contributed by atoms with van der Waals surface area (Å²) in [6.45, 7) is 1.98. The largest absolute Gasteiger partial charge is 0.423 e. The number of fused-ring (bicyclic) bond motifs is 2. The number of hydrogen-bond acceptors (Lipinski definition) is 4. The molecule has 2 aromatic carbocycles. The number of aryl methyl sites for hydroxylation is 2. The molecule has 3 aromatic rings. The van der Waals surface area contributed by atoms with Crippen LogP contribution < -0.4 is 5.63 Å². The van der Waals surface area contributed by atoms with Crippen molar-refractivity contribution >= 4 is 11.0 Å². The first-order valence-corrected chi connectivity index (χ1v) is 9.18. The second-order valence-electron chi connectivity index (χ2n) is 6.98. The summed E-state index contributed by atoms with van der Waals surface area (Å²) in [6.07, 6.45) is 3.31. The smallest absolute Gasteiger partial charge is 0.336 e. The Bertz CT molecular complexity index is 962. The van der Waals surface area contributed by atoms with Crippen molar-refractivity contribution in [3.05, 3.63) is 81.2 Å². The lowest BCUT2D eigenvalue weighted by atomic mass is 10.0. The Labute approximate surface area is 152 Å². The summed E-state index contributed by atoms with van der Waals surface area (Å²) in [7, 11) is 0. The highest BCUT2D eigenvalue weighted by atomic mass is 16.4. The predicted molar refractivity (Wildman–Crippen MR) is 102 cm³/mol. The van der Waals surface area contributed by atoms with Gasteiger partial charge in [0.15, 0.2) is 0 Å². The van der Waals surface area contributed by atoms with Gasteiger partial charge in [0.2, 0.25) is 0 Å². The van der Waals surface area contributed by atoms with E-state index in [-0.39, 0.29) is 12.2 Å². The number of nitrogens with zero attached hydrogens (tertiary/aromatic N) is 1. The summed E-state index contributed by atoms with van der Waals surface area (Å²) < 4.78 is 5.46. The van der Waals surface area contributed by atoms with Crippen molar-refractivity contribution in [2.45, 2.75) is 32.4 Å². The maximum atomic E-state index is 12.1. The van der Waals surface area contributed by atoms with E-state index in [9.17, 15) is 9.90 Å². The van der Waals surface area contributed by atoms with Gasteiger partial charge in [-0.3, -0.25) is 4.90 Å². The molecule has 1 aliphatic carbocycles. The minimum atomic E-state index is -0.311. The zero-order chi connectivity index (χ0) is 17.9. The third-order valence-electron chi connectivity index (χ3n) is 5.10. The first kappa shape index (κ1) is 17.0. The molecule has 1 aromatic heterocycles. The van der Waals surface area contributed by atoms with E-state index in [2.05, 4.69) is 23.1 Å². The van der Waals surface area contributed by atoms with Crippen LogP contribution in [0.3, 0.4) is 0 Å². The quantitative estimate of drug-likeness (QED) is 0.694. The third kappa shape index (κ3) is 3.57. The molecule has 4 heteroatoms. The number of hydrogen-bond donors (Lipinski definition) is 1. The van der Waals surface area contributed by atoms with Gasteiger partial charge in [0.25, 0.3) is 0 Å². The number of rotatable bonds is 6. The van der Waals surface area contributed by atoms with Crippen LogP contribution in [0.2, 0.25) is 0 Å². The zero-order valence-electron chi connectivity index (χ0n) is 14.8. The summed E-state index contributed by atoms with van der Waals surface area (Å²) in [5, 5.41) is 10.5. The molecule has 0 saturated heterocycles. The van der Waals surface area contributed by atoms with Gasteiger partial charge in [-0.15, -0.1) is 0 Å². The van der Waals surface area contributed by atoms with Crippen LogP contribution in [0.5, 0.6) is 0 Å². The van der Waals surface area contributed by atoms with Crippen molar-refractivity contribution in [3.8, 4) is 0 Å². The van der Waals surface area contributed by atoms with E-state index < -0.39 is 0 Å². The summed E-state index contributed by atoms with van der Waals surface area (Å²) in [6, 6.07) is 16.0. The molecular formula is C22H23NO3. The molecular weight excluding hydrogens is 326 g/mol. The third-order valence-corrected chi connectivity index (χ3v) is 5.10. The Morgan fingerprint density at radius 2 is 1.77 bits per heavy atom. The topological polar surface area (TPSA) is 53.7 Å². The second-order valence-corrected chi connectivity index (χ2v) is 6.98. The van der Waals surface area contributed by atoms with E-state index >= 15 is 0 Å². The van der Waals surface area contributed by atoms with Crippen LogP contribution in [-0.2, 0) is 25.9 Å². The van der Waals surface area contributed by atoms with Crippen LogP contribution in [0, 0.1) is 0 Å². The fourth-order valence-electron chi connectivity index (χ4n) is 3.86. The van der Waals surface area contributed by atoms with Gasteiger partial charge in [0.1, 0.15) is 5.58 Å². The summed E-state index contributed by atoms with van der Waals surface area (Å²) in [5.41, 5.74) is 5.19. The van der Waals surface area contributed by atoms with Gasteiger partial charge in [-0.2, -0.15) is 0 Å². The van der Waals surface area contributed by atoms with E-state index in [1.54, 1.807) is 6.07 Å². The lowest BCUT2D eigenvalue weighted by molar-refractivity contribution is 0.184. The van der Waals surface area contributed by atoms with Crippen molar-refractivity contribution in [1.29, 1.82) is 0 Å². The van der Waals surface area contributed by atoms with Crippen molar-refractivity contribution in [1.82, 2.24) is 4.90 Å². The lowest BCUT2D eigenvalue weighted by Gasteiger charge is -2.22. The lowest BCUT2D eigenvalue weighted by Crippen LogP contribution is -2.26. The fourth-order valence-corrected chi connectivity index (χ4v) is 3.86. The number of benzene rings is 2. The van der Waals surface area contributed by atoms with E-state index in [0.29, 0.717) is 18.7 Å². The van der Waals surface area contributed by atoms with Crippen LogP contribution in [0.4, 0.5) is 0 Å². The second kappa shape index (κ2) is 7.44. The summed E-state index contributed by atoms with van der Waals surface area (Å²) in [5.74, 6) is 0. The molecule has 0 saturated carbocycles. The Morgan fingerprint density at radius 1 is 1.00 bits per heavy atom. The van der Waals surface area contributed by atoms with Crippen molar-refractivity contribution in [3.63, 3.8) is 0 Å². The van der Waals surface area contributed by atoms with Gasteiger partial charge < -0.3 is 9.52 Å². The average molecular weight is 349 g/mol. The zero-order valence-corrected chi connectivity index (χ0v) is 14.8. The SMILES string of the molecule is O=c1cc(CN(CCO)Cc2ccccc2)c2cc3c(cc2o1)CCC3. The molecule has 1 N–H and O–H groups in total. The molecule has 0 radical (unpaired) electrons. The number of aliphatic hydroxyl groups is 1. The maximum absolute atomic E-state index is 12.1. The molecule has 4 nitrogen and oxygen atoms in total. The molecule has 0 atom stereocenters. The summed E-state index contributed by atoms with van der Waals surface area (Å²) in [4.78, 5) is 14.2. The molecule has 0 bridgehead atoms. The van der Waals surface area contributed by atoms with Gasteiger partial charge >= 0.3 is 5.63 Å². The van der Waals surface area contributed by atoms with Crippen LogP contribution in [0.15, 0.2) is 57.7 Å². The van der Waals surface area contributed by atoms with Crippen LogP contribution in [0.1, 0.15) is 28.7 Å². The van der Waals surface area contributed by atoms with Crippen LogP contribution in [0.25, 0.3) is 11.0 Å². The normalized spacial score (nSPS) is 13.5. The van der Waals surface area contributed by atoms with E-state index in [4.69, 9.17) is 4.42 Å². The molecule has 0 amide bonds. The Kier molecular flexibility index (Phi) is 4.87. The van der Waals surface area contributed by atoms with Crippen molar-refractivity contribution in [2.24, 2.45) is 0 Å². The molecule has 0 spiro atoms. The maximum Gasteiger partial charge on any atom is 0.336 e. The molecule has 0 aliphatic heterocycles. The van der Waals surface area contributed by atoms with Gasteiger partial charge in [-0.1, -0.05) is 30.3 Å². The molecule has 134 valence electrons. The molecule has 0 unspecified atom stereocenters. The fraction of sp³-hybridized carbons (Fsp3) is 0.318. The highest BCUT2D eigenvalue weighted by Gasteiger charge is 2.16. The van der Waals surface area contributed by atoms with E-state index in [1.807, 2.05) is 24.3 Å². The predicted octanol–water partition coefficient (Wildman–Crippen LogP) is 3.28. The minimum absolute atomic E-state index is 0.0849. The first-order chi connectivity index (χ1) is 12.7. The van der Waals surface area contributed by atoms with E-state index in [0.717, 1.165) is 36.8 Å². The van der Waals surface area contributed by atoms with Gasteiger partial charge in [0, 0.05) is 31.1 Å². The summed E-state index contributed by atoms with van der Waals surface area (Å²) >= 11 is 0. The molecule has 4 rings (SSSR count). The molecule has 26 heavy (non-hydrogen) atoms. The Balaban J connectivity index is 1.69. The standard InChI is InChI=1S/C22H23NO3/c24-10-9-23(14-16-5-2-1-3-6-16)15-19-13-22(25)26-21-12-18-8-4-7-17(18)11-20(19)21/h1-3,5-6,11-13,24H,4,7-10,14-15H2. The Morgan fingerprint density at radius 3 is 2.54 bits per heavy atom. The van der Waals surface area contributed by atoms with Crippen molar-refractivity contribution < 1.29 is 9.52 Å². The van der Waals surface area contributed by atoms with Crippen molar-refractivity contribution in [2.75, 3.05) is 13.2 Å². The first-order valence-electron chi connectivity index (χ1n) is 9.18. The molecule has 1 aliphatic rings. The number of aliphatic hydroxyl groups excluding tert-OH is 1. The van der Waals surface area contributed by atoms with Gasteiger partial charge in [0.05, 0.1) is 6.61 Å². The molecule has 0 fully saturated rings. The average Bonchev–Trinajstić information content (AvgIpc) is 3.08. The van der Waals surface area contributed by atoms with Crippen LogP contribution in [-0.4, -0.2) is 23.2 Å². The van der Waals surface area contributed by atoms with Gasteiger partial charge in [-0.05, 0) is 53.6 Å². The Hall–Kier alpha value is -2.43. The minimum Gasteiger partial charge on any atom is -0.423 e. The highest BCUT2D eigenvalue weighted by Crippen LogP contribution is 2.29. The monoisotopic (exact) mass is 349 g/mol. The van der Waals surface area contributed by atoms with Gasteiger partial charge in [-0.25, -0.2) is 4.79 Å². The van der Waals surface area contributed by atoms with Crippen LogP contribution >= 0.6 is 0 Å². The molecule has 1 heterocycles.